The van der Waals surface area contributed by atoms with Crippen LogP contribution in [0.3, 0.4) is 0 Å². The van der Waals surface area contributed by atoms with Crippen molar-refractivity contribution in [2.75, 3.05) is 18.4 Å². The Morgan fingerprint density at radius 2 is 1.97 bits per heavy atom. The molecule has 1 fully saturated rings. The molecule has 6 heteroatoms. The first-order valence-corrected chi connectivity index (χ1v) is 11.1. The topological polar surface area (TPSA) is 71.3 Å². The summed E-state index contributed by atoms with van der Waals surface area (Å²) in [6.07, 6.45) is 2.77. The fraction of sp³-hybridized carbons (Fsp3) is 0.400. The lowest BCUT2D eigenvalue weighted by Gasteiger charge is -2.31. The molecule has 1 aliphatic heterocycles. The lowest BCUT2D eigenvalue weighted by Crippen LogP contribution is -2.40. The zero-order chi connectivity index (χ0) is 21.8. The minimum absolute atomic E-state index is 0.0446. The van der Waals surface area contributed by atoms with Crippen LogP contribution in [0.1, 0.15) is 42.3 Å². The summed E-state index contributed by atoms with van der Waals surface area (Å²) < 4.78 is 5.51. The summed E-state index contributed by atoms with van der Waals surface area (Å²) in [6.45, 7) is 8.38. The molecule has 162 valence electrons. The molecule has 3 aromatic rings. The smallest absolute Gasteiger partial charge is 0.241 e. The van der Waals surface area contributed by atoms with Crippen LogP contribution in [0, 0.1) is 19.8 Å². The molecule has 6 nitrogen and oxygen atoms in total. The van der Waals surface area contributed by atoms with E-state index in [0.29, 0.717) is 24.8 Å². The number of carbonyl (C=O) groups excluding carboxylic acids is 1. The van der Waals surface area contributed by atoms with E-state index in [1.807, 2.05) is 50.2 Å². The Morgan fingerprint density at radius 3 is 2.77 bits per heavy atom. The summed E-state index contributed by atoms with van der Waals surface area (Å²) in [4.78, 5) is 19.8. The molecule has 1 aliphatic rings. The lowest BCUT2D eigenvalue weighted by molar-refractivity contribution is -0.121. The Labute approximate surface area is 183 Å². The van der Waals surface area contributed by atoms with Crippen LogP contribution >= 0.6 is 0 Å². The molecule has 31 heavy (non-hydrogen) atoms. The van der Waals surface area contributed by atoms with Crippen LogP contribution < -0.4 is 5.32 Å². The van der Waals surface area contributed by atoms with Gasteiger partial charge >= 0.3 is 0 Å². The van der Waals surface area contributed by atoms with Crippen LogP contribution in [0.2, 0.25) is 0 Å². The summed E-state index contributed by atoms with van der Waals surface area (Å²) >= 11 is 0. The zero-order valence-corrected chi connectivity index (χ0v) is 18.5. The van der Waals surface area contributed by atoms with Gasteiger partial charge in [0.1, 0.15) is 0 Å². The number of nitrogens with one attached hydrogen (secondary N) is 1. The molecule has 0 aliphatic carbocycles. The Kier molecular flexibility index (Phi) is 6.47. The van der Waals surface area contributed by atoms with Crippen molar-refractivity contribution in [2.45, 2.75) is 46.6 Å². The van der Waals surface area contributed by atoms with Gasteiger partial charge in [-0.2, -0.15) is 4.98 Å². The SMILES string of the molecule is CCc1cccc(C)c1NC(=O)C1CCCN(Cc2nc(-c3ccccc3C)no2)C1. The molecule has 2 heterocycles. The van der Waals surface area contributed by atoms with Crippen molar-refractivity contribution < 1.29 is 9.32 Å². The second kappa shape index (κ2) is 9.43. The Balaban J connectivity index is 1.40. The summed E-state index contributed by atoms with van der Waals surface area (Å²) in [5, 5.41) is 7.36. The van der Waals surface area contributed by atoms with Crippen LogP contribution in [0.25, 0.3) is 11.4 Å². The van der Waals surface area contributed by atoms with Gasteiger partial charge in [0.2, 0.25) is 17.6 Å². The van der Waals surface area contributed by atoms with Gasteiger partial charge in [0.25, 0.3) is 0 Å². The molecule has 1 amide bonds. The van der Waals surface area contributed by atoms with E-state index in [0.717, 1.165) is 48.2 Å². The van der Waals surface area contributed by atoms with Crippen LogP contribution in [-0.2, 0) is 17.8 Å². The van der Waals surface area contributed by atoms with Crippen molar-refractivity contribution in [3.05, 3.63) is 65.0 Å². The van der Waals surface area contributed by atoms with E-state index in [9.17, 15) is 4.79 Å². The number of nitrogens with zero attached hydrogens (tertiary/aromatic N) is 3. The Bertz CT molecular complexity index is 1060. The molecule has 0 spiro atoms. The highest BCUT2D eigenvalue weighted by Crippen LogP contribution is 2.25. The highest BCUT2D eigenvalue weighted by molar-refractivity contribution is 5.94. The predicted octanol–water partition coefficient (Wildman–Crippen LogP) is 4.77. The number of hydrogen-bond acceptors (Lipinski definition) is 5. The molecule has 0 radical (unpaired) electrons. The standard InChI is InChI=1S/C25H30N4O2/c1-4-19-11-7-10-18(3)23(19)27-25(30)20-12-8-14-29(15-20)16-22-26-24(28-31-22)21-13-6-5-9-17(21)2/h5-7,9-11,13,20H,4,8,12,14-16H2,1-3H3,(H,27,30). The number of carbonyl (C=O) groups is 1. The minimum Gasteiger partial charge on any atom is -0.338 e. The largest absolute Gasteiger partial charge is 0.338 e. The first-order valence-electron chi connectivity index (χ1n) is 11.1. The number of aromatic nitrogens is 2. The van der Waals surface area contributed by atoms with Crippen molar-refractivity contribution in [2.24, 2.45) is 5.92 Å². The van der Waals surface area contributed by atoms with Gasteiger partial charge in [-0.05, 0) is 56.3 Å². The molecule has 1 saturated heterocycles. The van der Waals surface area contributed by atoms with Gasteiger partial charge < -0.3 is 9.84 Å². The van der Waals surface area contributed by atoms with Crippen LogP contribution in [-0.4, -0.2) is 34.0 Å². The van der Waals surface area contributed by atoms with E-state index in [4.69, 9.17) is 4.52 Å². The van der Waals surface area contributed by atoms with E-state index < -0.39 is 0 Å². The number of piperidine rings is 1. The maximum atomic E-state index is 13.0. The normalized spacial score (nSPS) is 16.9. The van der Waals surface area contributed by atoms with Crippen molar-refractivity contribution in [1.82, 2.24) is 15.0 Å². The van der Waals surface area contributed by atoms with Gasteiger partial charge in [-0.3, -0.25) is 9.69 Å². The summed E-state index contributed by atoms with van der Waals surface area (Å²) in [6, 6.07) is 14.2. The summed E-state index contributed by atoms with van der Waals surface area (Å²) in [5.41, 5.74) is 5.35. The second-order valence-electron chi connectivity index (χ2n) is 8.35. The second-order valence-corrected chi connectivity index (χ2v) is 8.35. The summed E-state index contributed by atoms with van der Waals surface area (Å²) in [5.74, 6) is 1.26. The number of anilines is 1. The Hall–Kier alpha value is -2.99. The first-order chi connectivity index (χ1) is 15.0. The van der Waals surface area contributed by atoms with Crippen LogP contribution in [0.4, 0.5) is 5.69 Å². The molecular formula is C25H30N4O2. The number of aryl methyl sites for hydroxylation is 3. The number of hydrogen-bond donors (Lipinski definition) is 1. The maximum Gasteiger partial charge on any atom is 0.241 e. The van der Waals surface area contributed by atoms with Crippen LogP contribution in [0.5, 0.6) is 0 Å². The van der Waals surface area contributed by atoms with Gasteiger partial charge in [0, 0.05) is 17.8 Å². The monoisotopic (exact) mass is 418 g/mol. The highest BCUT2D eigenvalue weighted by atomic mass is 16.5. The van der Waals surface area contributed by atoms with Crippen molar-refractivity contribution in [3.8, 4) is 11.4 Å². The van der Waals surface area contributed by atoms with E-state index >= 15 is 0 Å². The van der Waals surface area contributed by atoms with Crippen molar-refractivity contribution in [1.29, 1.82) is 0 Å². The first kappa shape index (κ1) is 21.2. The van der Waals surface area contributed by atoms with Crippen molar-refractivity contribution in [3.63, 3.8) is 0 Å². The molecule has 4 rings (SSSR count). The molecular weight excluding hydrogens is 388 g/mol. The van der Waals surface area contributed by atoms with Crippen LogP contribution in [0.15, 0.2) is 47.0 Å². The van der Waals surface area contributed by atoms with Crippen molar-refractivity contribution >= 4 is 11.6 Å². The average molecular weight is 419 g/mol. The quantitative estimate of drug-likeness (QED) is 0.625. The highest BCUT2D eigenvalue weighted by Gasteiger charge is 2.27. The maximum absolute atomic E-state index is 13.0. The van der Waals surface area contributed by atoms with E-state index in [1.54, 1.807) is 0 Å². The van der Waals surface area contributed by atoms with Gasteiger partial charge in [-0.1, -0.05) is 54.5 Å². The number of rotatable bonds is 6. The summed E-state index contributed by atoms with van der Waals surface area (Å²) in [7, 11) is 0. The molecule has 2 aromatic carbocycles. The van der Waals surface area contributed by atoms with Gasteiger partial charge in [-0.25, -0.2) is 0 Å². The number of amides is 1. The molecule has 1 aromatic heterocycles. The third-order valence-electron chi connectivity index (χ3n) is 6.08. The fourth-order valence-electron chi connectivity index (χ4n) is 4.28. The van der Waals surface area contributed by atoms with Gasteiger partial charge in [-0.15, -0.1) is 0 Å². The third-order valence-corrected chi connectivity index (χ3v) is 6.08. The number of para-hydroxylation sites is 1. The molecule has 0 bridgehead atoms. The van der Waals surface area contributed by atoms with Gasteiger partial charge in [0.15, 0.2) is 0 Å². The molecule has 0 saturated carbocycles. The van der Waals surface area contributed by atoms with E-state index in [-0.39, 0.29) is 11.8 Å². The minimum atomic E-state index is -0.0446. The molecule has 1 atom stereocenters. The zero-order valence-electron chi connectivity index (χ0n) is 18.5. The predicted molar refractivity (Wildman–Crippen MR) is 122 cm³/mol. The number of likely N-dealkylation sites (tertiary alicyclic amines) is 1. The van der Waals surface area contributed by atoms with E-state index in [2.05, 4.69) is 33.3 Å². The average Bonchev–Trinajstić information content (AvgIpc) is 3.23. The number of benzene rings is 2. The molecule has 1 unspecified atom stereocenters. The lowest BCUT2D eigenvalue weighted by atomic mass is 9.96. The van der Waals surface area contributed by atoms with E-state index in [1.165, 1.54) is 5.56 Å². The molecule has 1 N–H and O–H groups in total. The third kappa shape index (κ3) is 4.85. The Morgan fingerprint density at radius 1 is 1.16 bits per heavy atom. The van der Waals surface area contributed by atoms with Gasteiger partial charge in [0.05, 0.1) is 12.5 Å². The fourth-order valence-corrected chi connectivity index (χ4v) is 4.28.